The van der Waals surface area contributed by atoms with Crippen LogP contribution in [0.2, 0.25) is 0 Å². The van der Waals surface area contributed by atoms with Gasteiger partial charge in [-0.1, -0.05) is 60.7 Å². The number of hydrogen-bond donors (Lipinski definition) is 3. The number of aromatic nitrogens is 2. The summed E-state index contributed by atoms with van der Waals surface area (Å²) in [5.74, 6) is 1.22. The number of carbonyl (C=O) groups is 1. The lowest BCUT2D eigenvalue weighted by Gasteiger charge is -2.09. The van der Waals surface area contributed by atoms with E-state index in [4.69, 9.17) is 12.3 Å². The standard InChI is InChI=1S/C27H22BN5O2/c28-23-22-25(30-17-31-26(22)35-24(23)19-7-3-1-4-8-19)29-16-15-18-11-13-21(14-12-18)33-27(34)32-20-9-5-2-6-10-20/h1-14,17H,15-16H2,(H,29,30,31)(H2,32,33,34). The van der Waals surface area contributed by atoms with Gasteiger partial charge in [-0.15, -0.1) is 0 Å². The molecule has 0 saturated carbocycles. The van der Waals surface area contributed by atoms with Crippen LogP contribution in [0.1, 0.15) is 5.56 Å². The van der Waals surface area contributed by atoms with Gasteiger partial charge in [-0.25, -0.2) is 14.8 Å². The van der Waals surface area contributed by atoms with Crippen LogP contribution < -0.4 is 21.4 Å². The van der Waals surface area contributed by atoms with E-state index in [2.05, 4.69) is 25.9 Å². The quantitative estimate of drug-likeness (QED) is 0.299. The second-order valence-corrected chi connectivity index (χ2v) is 7.93. The Hall–Kier alpha value is -4.59. The first-order chi connectivity index (χ1) is 17.2. The Kier molecular flexibility index (Phi) is 6.43. The maximum Gasteiger partial charge on any atom is 0.323 e. The first-order valence-electron chi connectivity index (χ1n) is 11.2. The van der Waals surface area contributed by atoms with Gasteiger partial charge in [0.2, 0.25) is 5.71 Å². The van der Waals surface area contributed by atoms with Crippen molar-refractivity contribution in [2.24, 2.45) is 0 Å². The molecule has 7 nitrogen and oxygen atoms in total. The molecule has 0 spiro atoms. The molecular formula is C27H22BN5O2. The molecule has 5 rings (SSSR count). The third kappa shape index (κ3) is 5.17. The van der Waals surface area contributed by atoms with Gasteiger partial charge in [0.05, 0.1) is 5.39 Å². The number of amides is 2. The fourth-order valence-corrected chi connectivity index (χ4v) is 3.79. The first-order valence-corrected chi connectivity index (χ1v) is 11.2. The number of furan rings is 1. The number of nitrogens with one attached hydrogen (secondary N) is 3. The van der Waals surface area contributed by atoms with E-state index < -0.39 is 0 Å². The average molecular weight is 459 g/mol. The van der Waals surface area contributed by atoms with E-state index in [0.717, 1.165) is 23.2 Å². The molecule has 0 unspecified atom stereocenters. The number of para-hydroxylation sites is 1. The Balaban J connectivity index is 1.20. The van der Waals surface area contributed by atoms with E-state index >= 15 is 0 Å². The zero-order valence-corrected chi connectivity index (χ0v) is 18.9. The van der Waals surface area contributed by atoms with Crippen LogP contribution in [-0.2, 0) is 6.42 Å². The molecule has 2 radical (unpaired) electrons. The van der Waals surface area contributed by atoms with Crippen molar-refractivity contribution in [1.82, 2.24) is 9.97 Å². The third-order valence-corrected chi connectivity index (χ3v) is 5.51. The molecule has 0 aliphatic carbocycles. The van der Waals surface area contributed by atoms with Crippen molar-refractivity contribution in [1.29, 1.82) is 0 Å². The van der Waals surface area contributed by atoms with Crippen molar-refractivity contribution in [2.45, 2.75) is 6.42 Å². The zero-order valence-electron chi connectivity index (χ0n) is 18.9. The average Bonchev–Trinajstić information content (AvgIpc) is 3.23. The van der Waals surface area contributed by atoms with Gasteiger partial charge in [-0.2, -0.15) is 0 Å². The Morgan fingerprint density at radius 2 is 1.49 bits per heavy atom. The lowest BCUT2D eigenvalue weighted by atomic mass is 9.90. The molecule has 0 aliphatic rings. The van der Waals surface area contributed by atoms with E-state index in [0.29, 0.717) is 40.4 Å². The summed E-state index contributed by atoms with van der Waals surface area (Å²) in [4.78, 5) is 20.8. The molecule has 0 atom stereocenters. The number of nitrogens with zero attached hydrogens (tertiary/aromatic N) is 2. The molecule has 3 N–H and O–H groups in total. The van der Waals surface area contributed by atoms with E-state index in [-0.39, 0.29) is 6.03 Å². The van der Waals surface area contributed by atoms with Gasteiger partial charge in [0.1, 0.15) is 25.8 Å². The lowest BCUT2D eigenvalue weighted by Crippen LogP contribution is -2.19. The highest BCUT2D eigenvalue weighted by atomic mass is 16.3. The molecule has 8 heteroatoms. The summed E-state index contributed by atoms with van der Waals surface area (Å²) < 4.78 is 5.92. The Labute approximate surface area is 204 Å². The summed E-state index contributed by atoms with van der Waals surface area (Å²) >= 11 is 0. The Bertz CT molecular complexity index is 1440. The van der Waals surface area contributed by atoms with Crippen molar-refractivity contribution < 1.29 is 9.21 Å². The van der Waals surface area contributed by atoms with Crippen molar-refractivity contribution in [3.63, 3.8) is 0 Å². The van der Waals surface area contributed by atoms with Crippen LogP contribution >= 0.6 is 0 Å². The molecule has 5 aromatic rings. The Morgan fingerprint density at radius 1 is 0.829 bits per heavy atom. The topological polar surface area (TPSA) is 92.1 Å². The normalized spacial score (nSPS) is 10.7. The van der Waals surface area contributed by atoms with Crippen LogP contribution in [0.25, 0.3) is 22.4 Å². The molecule has 0 bridgehead atoms. The van der Waals surface area contributed by atoms with E-state index in [1.54, 1.807) is 0 Å². The smallest absolute Gasteiger partial charge is 0.323 e. The maximum absolute atomic E-state index is 12.2. The second kappa shape index (κ2) is 10.1. The molecule has 0 saturated heterocycles. The summed E-state index contributed by atoms with van der Waals surface area (Å²) in [6.07, 6.45) is 2.22. The molecule has 35 heavy (non-hydrogen) atoms. The first kappa shape index (κ1) is 22.2. The summed E-state index contributed by atoms with van der Waals surface area (Å²) in [5, 5.41) is 9.65. The minimum Gasteiger partial charge on any atom is -0.438 e. The molecule has 3 aromatic carbocycles. The van der Waals surface area contributed by atoms with Gasteiger partial charge in [0.25, 0.3) is 0 Å². The van der Waals surface area contributed by atoms with Crippen LogP contribution in [0, 0.1) is 0 Å². The molecule has 2 amide bonds. The van der Waals surface area contributed by atoms with Gasteiger partial charge < -0.3 is 20.4 Å². The number of urea groups is 1. The van der Waals surface area contributed by atoms with Gasteiger partial charge >= 0.3 is 6.03 Å². The maximum atomic E-state index is 12.2. The number of rotatable bonds is 7. The molecule has 2 aromatic heterocycles. The van der Waals surface area contributed by atoms with Crippen LogP contribution in [-0.4, -0.2) is 30.4 Å². The minimum atomic E-state index is -0.286. The van der Waals surface area contributed by atoms with E-state index in [9.17, 15) is 4.79 Å². The molecular weight excluding hydrogens is 437 g/mol. The minimum absolute atomic E-state index is 0.286. The van der Waals surface area contributed by atoms with Crippen LogP contribution in [0.5, 0.6) is 0 Å². The summed E-state index contributed by atoms with van der Waals surface area (Å²) in [7, 11) is 6.41. The van der Waals surface area contributed by atoms with Gasteiger partial charge in [-0.05, 0) is 41.7 Å². The zero-order chi connectivity index (χ0) is 24.0. The third-order valence-electron chi connectivity index (χ3n) is 5.51. The summed E-state index contributed by atoms with van der Waals surface area (Å²) in [5.41, 5.74) is 4.41. The largest absolute Gasteiger partial charge is 0.438 e. The summed E-state index contributed by atoms with van der Waals surface area (Å²) in [6.45, 7) is 0.638. The molecule has 0 aliphatic heterocycles. The number of anilines is 3. The molecule has 2 heterocycles. The predicted octanol–water partition coefficient (Wildman–Crippen LogP) is 4.98. The van der Waals surface area contributed by atoms with Crippen molar-refractivity contribution >= 4 is 47.6 Å². The number of fused-ring (bicyclic) bond motifs is 1. The molecule has 0 fully saturated rings. The van der Waals surface area contributed by atoms with Gasteiger partial charge in [0, 0.05) is 23.5 Å². The number of hydrogen-bond acceptors (Lipinski definition) is 5. The molecule has 170 valence electrons. The Morgan fingerprint density at radius 3 is 2.20 bits per heavy atom. The van der Waals surface area contributed by atoms with Crippen molar-refractivity contribution in [2.75, 3.05) is 22.5 Å². The highest BCUT2D eigenvalue weighted by molar-refractivity contribution is 6.42. The van der Waals surface area contributed by atoms with Gasteiger partial charge in [0.15, 0.2) is 0 Å². The highest BCUT2D eigenvalue weighted by Crippen LogP contribution is 2.27. The van der Waals surface area contributed by atoms with Crippen LogP contribution in [0.15, 0.2) is 95.7 Å². The fraction of sp³-hybridized carbons (Fsp3) is 0.0741. The fourth-order valence-electron chi connectivity index (χ4n) is 3.79. The second-order valence-electron chi connectivity index (χ2n) is 7.93. The predicted molar refractivity (Wildman–Crippen MR) is 140 cm³/mol. The lowest BCUT2D eigenvalue weighted by molar-refractivity contribution is 0.262. The van der Waals surface area contributed by atoms with Crippen LogP contribution in [0.3, 0.4) is 0 Å². The van der Waals surface area contributed by atoms with Crippen molar-refractivity contribution in [3.05, 3.63) is 96.8 Å². The van der Waals surface area contributed by atoms with Gasteiger partial charge in [-0.3, -0.25) is 0 Å². The van der Waals surface area contributed by atoms with E-state index in [1.165, 1.54) is 6.33 Å². The SMILES string of the molecule is [B]c1c(-c2ccccc2)oc2ncnc(NCCc3ccc(NC(=O)Nc4ccccc4)cc3)c12. The van der Waals surface area contributed by atoms with Crippen LogP contribution in [0.4, 0.5) is 22.0 Å². The van der Waals surface area contributed by atoms with Crippen molar-refractivity contribution in [3.8, 4) is 11.3 Å². The number of carbonyl (C=O) groups excluding carboxylic acids is 1. The number of benzene rings is 3. The monoisotopic (exact) mass is 459 g/mol. The summed E-state index contributed by atoms with van der Waals surface area (Å²) in [6, 6.07) is 26.4. The van der Waals surface area contributed by atoms with E-state index in [1.807, 2.05) is 84.9 Å². The highest BCUT2D eigenvalue weighted by Gasteiger charge is 2.16.